The van der Waals surface area contributed by atoms with Gasteiger partial charge in [0.15, 0.2) is 5.16 Å². The van der Waals surface area contributed by atoms with Crippen LogP contribution in [-0.4, -0.2) is 33.2 Å². The number of anilines is 2. The molecule has 1 amide bonds. The number of carbonyl (C=O) groups excluding carboxylic acids is 1. The Labute approximate surface area is 132 Å². The van der Waals surface area contributed by atoms with E-state index in [4.69, 9.17) is 10.5 Å². The Kier molecular flexibility index (Phi) is 5.54. The Morgan fingerprint density at radius 1 is 1.36 bits per heavy atom. The molecule has 1 unspecified atom stereocenters. The normalized spacial score (nSPS) is 11.7. The van der Waals surface area contributed by atoms with Gasteiger partial charge in [-0.2, -0.15) is 4.98 Å². The van der Waals surface area contributed by atoms with Gasteiger partial charge >= 0.3 is 0 Å². The van der Waals surface area contributed by atoms with Crippen molar-refractivity contribution in [3.8, 4) is 5.75 Å². The van der Waals surface area contributed by atoms with E-state index in [1.807, 2.05) is 6.92 Å². The number of hydrogen-bond donors (Lipinski definition) is 2. The Bertz CT molecular complexity index is 635. The van der Waals surface area contributed by atoms with Gasteiger partial charge in [0.2, 0.25) is 11.9 Å². The zero-order valence-corrected chi connectivity index (χ0v) is 13.1. The zero-order chi connectivity index (χ0) is 15.9. The molecule has 3 N–H and O–H groups in total. The van der Waals surface area contributed by atoms with Gasteiger partial charge in [0.1, 0.15) is 12.1 Å². The number of nitrogen functional groups attached to an aromatic ring is 1. The van der Waals surface area contributed by atoms with Crippen molar-refractivity contribution in [3.05, 3.63) is 30.6 Å². The second kappa shape index (κ2) is 7.60. The Hall–Kier alpha value is -2.35. The highest BCUT2D eigenvalue weighted by atomic mass is 32.2. The van der Waals surface area contributed by atoms with Crippen molar-refractivity contribution in [1.29, 1.82) is 0 Å². The summed E-state index contributed by atoms with van der Waals surface area (Å²) in [7, 11) is 1.60. The summed E-state index contributed by atoms with van der Waals surface area (Å²) in [6, 6.07) is 7.15. The maximum atomic E-state index is 12.3. The molecular formula is C14H17N5O2S. The molecule has 0 aliphatic carbocycles. The fourth-order valence-electron chi connectivity index (χ4n) is 1.70. The molecule has 0 spiro atoms. The van der Waals surface area contributed by atoms with Gasteiger partial charge in [-0.25, -0.2) is 9.97 Å². The van der Waals surface area contributed by atoms with E-state index in [1.54, 1.807) is 31.4 Å². The molecule has 116 valence electrons. The second-order valence-corrected chi connectivity index (χ2v) is 5.53. The van der Waals surface area contributed by atoms with Gasteiger partial charge in [-0.3, -0.25) is 4.79 Å². The van der Waals surface area contributed by atoms with Crippen LogP contribution >= 0.6 is 11.8 Å². The topological polar surface area (TPSA) is 103 Å². The van der Waals surface area contributed by atoms with E-state index in [2.05, 4.69) is 20.3 Å². The molecule has 8 heteroatoms. The van der Waals surface area contributed by atoms with Crippen molar-refractivity contribution in [2.45, 2.75) is 23.8 Å². The van der Waals surface area contributed by atoms with Crippen LogP contribution in [0.4, 0.5) is 11.6 Å². The third-order valence-corrected chi connectivity index (χ3v) is 4.08. The number of benzene rings is 1. The van der Waals surface area contributed by atoms with Crippen molar-refractivity contribution < 1.29 is 9.53 Å². The smallest absolute Gasteiger partial charge is 0.237 e. The summed E-state index contributed by atoms with van der Waals surface area (Å²) in [5.41, 5.74) is 6.22. The lowest BCUT2D eigenvalue weighted by Gasteiger charge is -2.14. The summed E-state index contributed by atoms with van der Waals surface area (Å²) in [5, 5.41) is 2.98. The first-order chi connectivity index (χ1) is 10.6. The summed E-state index contributed by atoms with van der Waals surface area (Å²) in [4.78, 5) is 24.1. The van der Waals surface area contributed by atoms with Gasteiger partial charge in [-0.05, 0) is 30.7 Å². The highest BCUT2D eigenvalue weighted by molar-refractivity contribution is 8.00. The van der Waals surface area contributed by atoms with Crippen LogP contribution in [0.1, 0.15) is 13.3 Å². The van der Waals surface area contributed by atoms with Gasteiger partial charge in [-0.15, -0.1) is 0 Å². The van der Waals surface area contributed by atoms with Crippen LogP contribution < -0.4 is 15.8 Å². The zero-order valence-electron chi connectivity index (χ0n) is 12.3. The molecule has 7 nitrogen and oxygen atoms in total. The summed E-state index contributed by atoms with van der Waals surface area (Å²) >= 11 is 1.26. The molecule has 2 aromatic rings. The number of carbonyl (C=O) groups is 1. The number of methoxy groups -OCH3 is 1. The van der Waals surface area contributed by atoms with E-state index in [0.29, 0.717) is 17.3 Å². The van der Waals surface area contributed by atoms with Crippen LogP contribution in [0, 0.1) is 0 Å². The van der Waals surface area contributed by atoms with Crippen LogP contribution in [0.2, 0.25) is 0 Å². The summed E-state index contributed by atoms with van der Waals surface area (Å²) < 4.78 is 5.08. The lowest BCUT2D eigenvalue weighted by atomic mass is 10.2. The third kappa shape index (κ3) is 4.32. The molecule has 0 bridgehead atoms. The highest BCUT2D eigenvalue weighted by Crippen LogP contribution is 2.24. The maximum absolute atomic E-state index is 12.3. The van der Waals surface area contributed by atoms with E-state index in [0.717, 1.165) is 5.75 Å². The molecule has 0 aliphatic heterocycles. The van der Waals surface area contributed by atoms with Crippen LogP contribution in [0.15, 0.2) is 35.7 Å². The molecule has 1 aromatic carbocycles. The number of nitrogens with one attached hydrogen (secondary N) is 1. The number of hydrogen-bond acceptors (Lipinski definition) is 7. The van der Waals surface area contributed by atoms with Crippen LogP contribution in [-0.2, 0) is 4.79 Å². The number of thioether (sulfide) groups is 1. The fourth-order valence-corrected chi connectivity index (χ4v) is 2.54. The van der Waals surface area contributed by atoms with Crippen LogP contribution in [0.5, 0.6) is 5.75 Å². The minimum absolute atomic E-state index is 0.114. The van der Waals surface area contributed by atoms with E-state index in [9.17, 15) is 4.79 Å². The van der Waals surface area contributed by atoms with Crippen molar-refractivity contribution in [2.75, 3.05) is 18.2 Å². The Morgan fingerprint density at radius 3 is 2.68 bits per heavy atom. The lowest BCUT2D eigenvalue weighted by Crippen LogP contribution is -2.24. The summed E-state index contributed by atoms with van der Waals surface area (Å²) in [6.07, 6.45) is 1.97. The van der Waals surface area contributed by atoms with Gasteiger partial charge in [0.25, 0.3) is 0 Å². The molecule has 0 aliphatic rings. The molecule has 0 saturated heterocycles. The fraction of sp³-hybridized carbons (Fsp3) is 0.286. The third-order valence-electron chi connectivity index (χ3n) is 2.84. The predicted molar refractivity (Wildman–Crippen MR) is 85.8 cm³/mol. The monoisotopic (exact) mass is 319 g/mol. The largest absolute Gasteiger partial charge is 0.497 e. The van der Waals surface area contributed by atoms with Gasteiger partial charge in [0.05, 0.1) is 12.4 Å². The average molecular weight is 319 g/mol. The van der Waals surface area contributed by atoms with Crippen molar-refractivity contribution >= 4 is 29.3 Å². The lowest BCUT2D eigenvalue weighted by molar-refractivity contribution is -0.115. The van der Waals surface area contributed by atoms with E-state index in [1.165, 1.54) is 18.1 Å². The summed E-state index contributed by atoms with van der Waals surface area (Å²) in [6.45, 7) is 1.93. The summed E-state index contributed by atoms with van der Waals surface area (Å²) in [5.74, 6) is 0.764. The van der Waals surface area contributed by atoms with E-state index >= 15 is 0 Å². The van der Waals surface area contributed by atoms with Crippen molar-refractivity contribution in [1.82, 2.24) is 15.0 Å². The molecular weight excluding hydrogens is 302 g/mol. The number of nitrogens with two attached hydrogens (primary N) is 1. The van der Waals surface area contributed by atoms with Crippen molar-refractivity contribution in [2.24, 2.45) is 0 Å². The standard InChI is InChI=1S/C14H17N5O2S/c1-3-11(22-14-17-8-16-13(15)19-14)12(20)18-9-4-6-10(21-2)7-5-9/h4-8,11H,3H2,1-2H3,(H,18,20)(H2,15,16,17,19). The molecule has 1 aromatic heterocycles. The molecule has 2 rings (SSSR count). The molecule has 1 heterocycles. The van der Waals surface area contributed by atoms with Gasteiger partial charge < -0.3 is 15.8 Å². The van der Waals surface area contributed by atoms with Crippen LogP contribution in [0.25, 0.3) is 0 Å². The minimum atomic E-state index is -0.316. The number of aromatic nitrogens is 3. The Morgan fingerprint density at radius 2 is 2.09 bits per heavy atom. The average Bonchev–Trinajstić information content (AvgIpc) is 2.53. The van der Waals surface area contributed by atoms with E-state index < -0.39 is 0 Å². The molecule has 0 radical (unpaired) electrons. The number of amides is 1. The van der Waals surface area contributed by atoms with Gasteiger partial charge in [-0.1, -0.05) is 18.7 Å². The number of rotatable bonds is 6. The SMILES string of the molecule is CCC(Sc1ncnc(N)n1)C(=O)Nc1ccc(OC)cc1. The molecule has 1 atom stereocenters. The number of nitrogens with zero attached hydrogens (tertiary/aromatic N) is 3. The molecule has 22 heavy (non-hydrogen) atoms. The quantitative estimate of drug-likeness (QED) is 0.785. The van der Waals surface area contributed by atoms with Gasteiger partial charge in [0, 0.05) is 5.69 Å². The van der Waals surface area contributed by atoms with Crippen LogP contribution in [0.3, 0.4) is 0 Å². The Balaban J connectivity index is 2.01. The first-order valence-electron chi connectivity index (χ1n) is 6.68. The maximum Gasteiger partial charge on any atom is 0.237 e. The second-order valence-electron chi connectivity index (χ2n) is 4.36. The predicted octanol–water partition coefficient (Wildman–Crippen LogP) is 1.97. The van der Waals surface area contributed by atoms with E-state index in [-0.39, 0.29) is 17.1 Å². The first kappa shape index (κ1) is 16.0. The minimum Gasteiger partial charge on any atom is -0.497 e. The molecule has 0 saturated carbocycles. The number of ether oxygens (including phenoxy) is 1. The molecule has 0 fully saturated rings. The highest BCUT2D eigenvalue weighted by Gasteiger charge is 2.19. The first-order valence-corrected chi connectivity index (χ1v) is 7.56. The van der Waals surface area contributed by atoms with Crippen molar-refractivity contribution in [3.63, 3.8) is 0 Å².